The number of hydrogen-bond donors (Lipinski definition) is 1. The zero-order valence-electron chi connectivity index (χ0n) is 7.12. The lowest BCUT2D eigenvalue weighted by Crippen LogP contribution is -1.96. The third kappa shape index (κ3) is 2.55. The van der Waals surface area contributed by atoms with Crippen LogP contribution in [0.3, 0.4) is 0 Å². The van der Waals surface area contributed by atoms with Gasteiger partial charge in [-0.2, -0.15) is 0 Å². The van der Waals surface area contributed by atoms with Crippen molar-refractivity contribution in [1.82, 2.24) is 0 Å². The molecule has 2 nitrogen and oxygen atoms in total. The molecule has 1 aromatic carbocycles. The third-order valence-corrected chi connectivity index (χ3v) is 2.99. The van der Waals surface area contributed by atoms with Gasteiger partial charge in [0, 0.05) is 0 Å². The van der Waals surface area contributed by atoms with Crippen LogP contribution in [0.2, 0.25) is 0 Å². The summed E-state index contributed by atoms with van der Waals surface area (Å²) in [6, 6.07) is 9.49. The Balaban J connectivity index is 3.11. The van der Waals surface area contributed by atoms with Crippen molar-refractivity contribution >= 4 is 34.1 Å². The van der Waals surface area contributed by atoms with Crippen molar-refractivity contribution in [3.63, 3.8) is 0 Å². The fourth-order valence-electron chi connectivity index (χ4n) is 0.975. The van der Waals surface area contributed by atoms with E-state index in [1.54, 1.807) is 0 Å². The first-order valence-corrected chi connectivity index (χ1v) is 4.86. The minimum atomic E-state index is -0.873. The van der Waals surface area contributed by atoms with Gasteiger partial charge in [-0.3, -0.25) is 0 Å². The van der Waals surface area contributed by atoms with Crippen molar-refractivity contribution in [3.05, 3.63) is 39.5 Å². The van der Waals surface area contributed by atoms with E-state index in [1.165, 1.54) is 0 Å². The van der Waals surface area contributed by atoms with Crippen LogP contribution in [0.4, 0.5) is 0 Å². The van der Waals surface area contributed by atoms with Crippen LogP contribution in [0.1, 0.15) is 12.5 Å². The SMILES string of the molecule is C/C(=C(/I)C(=O)O)c1ccccc1. The van der Waals surface area contributed by atoms with Crippen LogP contribution in [0, 0.1) is 0 Å². The first-order valence-electron chi connectivity index (χ1n) is 3.78. The van der Waals surface area contributed by atoms with E-state index in [9.17, 15) is 4.79 Å². The van der Waals surface area contributed by atoms with E-state index in [0.717, 1.165) is 11.1 Å². The number of carbonyl (C=O) groups is 1. The Bertz CT molecular complexity index is 341. The summed E-state index contributed by atoms with van der Waals surface area (Å²) in [6.07, 6.45) is 0. The van der Waals surface area contributed by atoms with Gasteiger partial charge < -0.3 is 5.11 Å². The molecule has 3 heteroatoms. The fourth-order valence-corrected chi connectivity index (χ4v) is 1.29. The molecule has 0 amide bonds. The van der Waals surface area contributed by atoms with E-state index in [1.807, 2.05) is 59.8 Å². The monoisotopic (exact) mass is 288 g/mol. The van der Waals surface area contributed by atoms with E-state index in [2.05, 4.69) is 0 Å². The van der Waals surface area contributed by atoms with Gasteiger partial charge in [-0.05, 0) is 40.7 Å². The maximum Gasteiger partial charge on any atom is 0.342 e. The van der Waals surface area contributed by atoms with Gasteiger partial charge in [-0.15, -0.1) is 0 Å². The molecule has 0 unspecified atom stereocenters. The van der Waals surface area contributed by atoms with Gasteiger partial charge in [-0.1, -0.05) is 30.3 Å². The quantitative estimate of drug-likeness (QED) is 0.671. The lowest BCUT2D eigenvalue weighted by Gasteiger charge is -2.01. The summed E-state index contributed by atoms with van der Waals surface area (Å²) in [5.74, 6) is -0.873. The highest BCUT2D eigenvalue weighted by molar-refractivity contribution is 14.1. The number of carboxylic acids is 1. The Hall–Kier alpha value is -0.840. The second kappa shape index (κ2) is 4.41. The number of benzene rings is 1. The number of rotatable bonds is 2. The predicted octanol–water partition coefficient (Wildman–Crippen LogP) is 2.94. The van der Waals surface area contributed by atoms with Gasteiger partial charge in [0.05, 0.1) is 0 Å². The van der Waals surface area contributed by atoms with Gasteiger partial charge in [0.15, 0.2) is 0 Å². The number of allylic oxidation sites excluding steroid dienone is 1. The molecule has 13 heavy (non-hydrogen) atoms. The smallest absolute Gasteiger partial charge is 0.342 e. The van der Waals surface area contributed by atoms with E-state index < -0.39 is 5.97 Å². The molecular formula is C10H9IO2. The molecule has 0 radical (unpaired) electrons. The maximum atomic E-state index is 10.6. The highest BCUT2D eigenvalue weighted by atomic mass is 127. The minimum Gasteiger partial charge on any atom is -0.477 e. The van der Waals surface area contributed by atoms with Crippen LogP contribution in [-0.2, 0) is 4.79 Å². The molecule has 68 valence electrons. The summed E-state index contributed by atoms with van der Waals surface area (Å²) in [4.78, 5) is 10.6. The van der Waals surface area contributed by atoms with Gasteiger partial charge in [0.2, 0.25) is 0 Å². The molecule has 0 bridgehead atoms. The van der Waals surface area contributed by atoms with Crippen LogP contribution >= 0.6 is 22.6 Å². The molecule has 0 atom stereocenters. The average molecular weight is 288 g/mol. The lowest BCUT2D eigenvalue weighted by atomic mass is 10.1. The van der Waals surface area contributed by atoms with Gasteiger partial charge in [0.25, 0.3) is 0 Å². The highest BCUT2D eigenvalue weighted by Crippen LogP contribution is 2.22. The summed E-state index contributed by atoms with van der Waals surface area (Å²) >= 11 is 1.84. The highest BCUT2D eigenvalue weighted by Gasteiger charge is 2.07. The first-order chi connectivity index (χ1) is 6.13. The molecule has 0 aliphatic rings. The number of aliphatic carboxylic acids is 1. The Kier molecular flexibility index (Phi) is 3.48. The maximum absolute atomic E-state index is 10.6. The number of halogens is 1. The summed E-state index contributed by atoms with van der Waals surface area (Å²) in [7, 11) is 0. The summed E-state index contributed by atoms with van der Waals surface area (Å²) < 4.78 is 0.365. The van der Waals surface area contributed by atoms with E-state index in [4.69, 9.17) is 5.11 Å². The van der Waals surface area contributed by atoms with Crippen molar-refractivity contribution in [2.45, 2.75) is 6.92 Å². The number of carboxylic acid groups (broad SMARTS) is 1. The number of hydrogen-bond acceptors (Lipinski definition) is 1. The summed E-state index contributed by atoms with van der Waals surface area (Å²) in [5.41, 5.74) is 1.75. The van der Waals surface area contributed by atoms with Crippen molar-refractivity contribution in [2.75, 3.05) is 0 Å². The van der Waals surface area contributed by atoms with E-state index >= 15 is 0 Å². The van der Waals surface area contributed by atoms with Gasteiger partial charge in [0.1, 0.15) is 3.58 Å². The minimum absolute atomic E-state index is 0.365. The Morgan fingerprint density at radius 2 is 1.85 bits per heavy atom. The summed E-state index contributed by atoms with van der Waals surface area (Å²) in [5, 5.41) is 8.75. The van der Waals surface area contributed by atoms with Crippen molar-refractivity contribution in [3.8, 4) is 0 Å². The van der Waals surface area contributed by atoms with Crippen LogP contribution in [-0.4, -0.2) is 11.1 Å². The van der Waals surface area contributed by atoms with Crippen molar-refractivity contribution in [2.24, 2.45) is 0 Å². The summed E-state index contributed by atoms with van der Waals surface area (Å²) in [6.45, 7) is 1.81. The predicted molar refractivity (Wildman–Crippen MR) is 60.7 cm³/mol. The molecular weight excluding hydrogens is 279 g/mol. The molecule has 0 aliphatic carbocycles. The van der Waals surface area contributed by atoms with Crippen LogP contribution in [0.25, 0.3) is 5.57 Å². The average Bonchev–Trinajstić information content (AvgIpc) is 2.17. The van der Waals surface area contributed by atoms with Crippen molar-refractivity contribution in [1.29, 1.82) is 0 Å². The Morgan fingerprint density at radius 3 is 2.31 bits per heavy atom. The normalized spacial score (nSPS) is 12.2. The fraction of sp³-hybridized carbons (Fsp3) is 0.100. The van der Waals surface area contributed by atoms with Gasteiger partial charge in [-0.25, -0.2) is 4.79 Å². The van der Waals surface area contributed by atoms with Gasteiger partial charge >= 0.3 is 5.97 Å². The first kappa shape index (κ1) is 10.2. The van der Waals surface area contributed by atoms with Crippen molar-refractivity contribution < 1.29 is 9.90 Å². The van der Waals surface area contributed by atoms with Crippen LogP contribution in [0.5, 0.6) is 0 Å². The third-order valence-electron chi connectivity index (χ3n) is 1.72. The topological polar surface area (TPSA) is 37.3 Å². The molecule has 0 saturated carbocycles. The lowest BCUT2D eigenvalue weighted by molar-refractivity contribution is -0.131. The molecule has 0 saturated heterocycles. The van der Waals surface area contributed by atoms with Crippen LogP contribution in [0.15, 0.2) is 33.9 Å². The van der Waals surface area contributed by atoms with Crippen LogP contribution < -0.4 is 0 Å². The zero-order valence-corrected chi connectivity index (χ0v) is 9.28. The molecule has 1 N–H and O–H groups in total. The van der Waals surface area contributed by atoms with E-state index in [-0.39, 0.29) is 0 Å². The molecule has 0 fully saturated rings. The molecule has 0 aromatic heterocycles. The largest absolute Gasteiger partial charge is 0.477 e. The zero-order chi connectivity index (χ0) is 9.84. The Morgan fingerprint density at radius 1 is 1.31 bits per heavy atom. The second-order valence-corrected chi connectivity index (χ2v) is 3.69. The molecule has 1 aromatic rings. The second-order valence-electron chi connectivity index (χ2n) is 2.61. The Labute approximate surface area is 90.4 Å². The molecule has 0 spiro atoms. The standard InChI is InChI=1S/C10H9IO2/c1-7(9(11)10(12)13)8-5-3-2-4-6-8/h2-6H,1H3,(H,12,13)/b9-7-. The molecule has 1 rings (SSSR count). The molecule has 0 aliphatic heterocycles. The molecule has 0 heterocycles. The van der Waals surface area contributed by atoms with E-state index in [0.29, 0.717) is 3.58 Å².